The zero-order valence-electron chi connectivity index (χ0n) is 12.9. The SMILES string of the molecule is CN=C(NCc1cccc(N2CCOCC2)n1)NC1CC1.I. The van der Waals surface area contributed by atoms with Crippen LogP contribution in [-0.4, -0.2) is 50.3 Å². The van der Waals surface area contributed by atoms with Gasteiger partial charge in [-0.25, -0.2) is 4.98 Å². The van der Waals surface area contributed by atoms with Crippen LogP contribution in [0.2, 0.25) is 0 Å². The van der Waals surface area contributed by atoms with Gasteiger partial charge in [-0.2, -0.15) is 0 Å². The molecule has 0 spiro atoms. The van der Waals surface area contributed by atoms with Crippen molar-refractivity contribution in [1.29, 1.82) is 0 Å². The van der Waals surface area contributed by atoms with Crippen molar-refractivity contribution in [3.8, 4) is 0 Å². The number of aliphatic imine (C=N–C) groups is 1. The first-order valence-corrected chi connectivity index (χ1v) is 7.61. The lowest BCUT2D eigenvalue weighted by atomic mass is 10.3. The molecule has 0 bridgehead atoms. The molecule has 2 heterocycles. The summed E-state index contributed by atoms with van der Waals surface area (Å²) in [7, 11) is 1.80. The Morgan fingerprint density at radius 3 is 2.82 bits per heavy atom. The number of pyridine rings is 1. The molecule has 0 atom stereocenters. The molecule has 2 N–H and O–H groups in total. The van der Waals surface area contributed by atoms with Gasteiger partial charge in [0.15, 0.2) is 5.96 Å². The molecular formula is C15H24IN5O. The number of hydrogen-bond donors (Lipinski definition) is 2. The van der Waals surface area contributed by atoms with Gasteiger partial charge in [-0.3, -0.25) is 4.99 Å². The Kier molecular flexibility index (Phi) is 6.69. The van der Waals surface area contributed by atoms with Crippen LogP contribution < -0.4 is 15.5 Å². The first-order chi connectivity index (χ1) is 10.3. The van der Waals surface area contributed by atoms with E-state index in [0.717, 1.165) is 43.8 Å². The van der Waals surface area contributed by atoms with E-state index in [1.165, 1.54) is 12.8 Å². The van der Waals surface area contributed by atoms with Gasteiger partial charge in [0, 0.05) is 26.2 Å². The van der Waals surface area contributed by atoms with Crippen LogP contribution in [0.5, 0.6) is 0 Å². The first kappa shape index (κ1) is 17.3. The third-order valence-electron chi connectivity index (χ3n) is 3.71. The maximum absolute atomic E-state index is 5.38. The quantitative estimate of drug-likeness (QED) is 0.440. The van der Waals surface area contributed by atoms with E-state index in [1.807, 2.05) is 6.07 Å². The second-order valence-electron chi connectivity index (χ2n) is 5.43. The summed E-state index contributed by atoms with van der Waals surface area (Å²) in [6.45, 7) is 4.07. The van der Waals surface area contributed by atoms with Crippen molar-refractivity contribution in [2.24, 2.45) is 4.99 Å². The van der Waals surface area contributed by atoms with E-state index in [-0.39, 0.29) is 24.0 Å². The molecule has 2 aliphatic rings. The second kappa shape index (κ2) is 8.52. The average Bonchev–Trinajstić information content (AvgIpc) is 3.36. The van der Waals surface area contributed by atoms with Gasteiger partial charge in [-0.15, -0.1) is 24.0 Å². The highest BCUT2D eigenvalue weighted by Gasteiger charge is 2.22. The molecule has 3 rings (SSSR count). The van der Waals surface area contributed by atoms with E-state index in [1.54, 1.807) is 7.05 Å². The Morgan fingerprint density at radius 2 is 2.14 bits per heavy atom. The molecule has 1 aliphatic carbocycles. The highest BCUT2D eigenvalue weighted by atomic mass is 127. The minimum Gasteiger partial charge on any atom is -0.378 e. The van der Waals surface area contributed by atoms with Gasteiger partial charge in [0.1, 0.15) is 5.82 Å². The predicted molar refractivity (Wildman–Crippen MR) is 99.0 cm³/mol. The van der Waals surface area contributed by atoms with E-state index >= 15 is 0 Å². The van der Waals surface area contributed by atoms with E-state index in [9.17, 15) is 0 Å². The van der Waals surface area contributed by atoms with Crippen molar-refractivity contribution in [2.45, 2.75) is 25.4 Å². The first-order valence-electron chi connectivity index (χ1n) is 7.61. The molecule has 0 unspecified atom stereocenters. The van der Waals surface area contributed by atoms with Crippen LogP contribution in [0.25, 0.3) is 0 Å². The Bertz CT molecular complexity index is 500. The molecule has 1 aliphatic heterocycles. The Balaban J connectivity index is 0.00000176. The fourth-order valence-corrected chi connectivity index (χ4v) is 2.32. The molecule has 0 aromatic carbocycles. The maximum atomic E-state index is 5.38. The van der Waals surface area contributed by atoms with Crippen LogP contribution in [0.1, 0.15) is 18.5 Å². The van der Waals surface area contributed by atoms with Crippen molar-refractivity contribution < 1.29 is 4.74 Å². The molecule has 7 heteroatoms. The van der Waals surface area contributed by atoms with Gasteiger partial charge in [0.2, 0.25) is 0 Å². The standard InChI is InChI=1S/C15H23N5O.HI/c1-16-15(19-12-5-6-12)17-11-13-3-2-4-14(18-13)20-7-9-21-10-8-20;/h2-4,12H,5-11H2,1H3,(H2,16,17,19);1H. The number of hydrogen-bond acceptors (Lipinski definition) is 4. The van der Waals surface area contributed by atoms with Crippen molar-refractivity contribution in [2.75, 3.05) is 38.3 Å². The second-order valence-corrected chi connectivity index (χ2v) is 5.43. The number of aromatic nitrogens is 1. The number of nitrogens with one attached hydrogen (secondary N) is 2. The van der Waals surface area contributed by atoms with Crippen LogP contribution >= 0.6 is 24.0 Å². The van der Waals surface area contributed by atoms with Crippen LogP contribution in [0, 0.1) is 0 Å². The number of ether oxygens (including phenoxy) is 1. The number of morpholine rings is 1. The number of halogens is 1. The topological polar surface area (TPSA) is 61.8 Å². The number of nitrogens with zero attached hydrogens (tertiary/aromatic N) is 3. The highest BCUT2D eigenvalue weighted by Crippen LogP contribution is 2.18. The zero-order chi connectivity index (χ0) is 14.5. The van der Waals surface area contributed by atoms with Gasteiger partial charge in [0.05, 0.1) is 25.5 Å². The molecule has 22 heavy (non-hydrogen) atoms. The van der Waals surface area contributed by atoms with E-state index < -0.39 is 0 Å². The maximum Gasteiger partial charge on any atom is 0.191 e. The molecule has 2 fully saturated rings. The van der Waals surface area contributed by atoms with Crippen LogP contribution in [0.4, 0.5) is 5.82 Å². The third kappa shape index (κ3) is 4.98. The van der Waals surface area contributed by atoms with E-state index in [0.29, 0.717) is 12.6 Å². The molecule has 6 nitrogen and oxygen atoms in total. The fourth-order valence-electron chi connectivity index (χ4n) is 2.32. The van der Waals surface area contributed by atoms with E-state index in [4.69, 9.17) is 9.72 Å². The summed E-state index contributed by atoms with van der Waals surface area (Å²) < 4.78 is 5.38. The number of anilines is 1. The molecule has 1 saturated carbocycles. The molecular weight excluding hydrogens is 393 g/mol. The lowest BCUT2D eigenvalue weighted by molar-refractivity contribution is 0.122. The molecule has 1 aromatic rings. The van der Waals surface area contributed by atoms with Gasteiger partial charge >= 0.3 is 0 Å². The monoisotopic (exact) mass is 417 g/mol. The third-order valence-corrected chi connectivity index (χ3v) is 3.71. The lowest BCUT2D eigenvalue weighted by Gasteiger charge is -2.28. The molecule has 0 radical (unpaired) electrons. The summed E-state index contributed by atoms with van der Waals surface area (Å²) >= 11 is 0. The van der Waals surface area contributed by atoms with Gasteiger partial charge < -0.3 is 20.3 Å². The smallest absolute Gasteiger partial charge is 0.191 e. The summed E-state index contributed by atoms with van der Waals surface area (Å²) in [5, 5.41) is 6.69. The lowest BCUT2D eigenvalue weighted by Crippen LogP contribution is -2.38. The minimum absolute atomic E-state index is 0. The Morgan fingerprint density at radius 1 is 1.36 bits per heavy atom. The zero-order valence-corrected chi connectivity index (χ0v) is 15.2. The van der Waals surface area contributed by atoms with Crippen molar-refractivity contribution in [1.82, 2.24) is 15.6 Å². The summed E-state index contributed by atoms with van der Waals surface area (Å²) in [6.07, 6.45) is 2.48. The summed E-state index contributed by atoms with van der Waals surface area (Å²) in [5.41, 5.74) is 1.03. The van der Waals surface area contributed by atoms with Gasteiger partial charge in [-0.05, 0) is 25.0 Å². The number of guanidine groups is 1. The number of rotatable bonds is 4. The summed E-state index contributed by atoms with van der Waals surface area (Å²) in [6, 6.07) is 6.77. The molecule has 122 valence electrons. The van der Waals surface area contributed by atoms with Gasteiger partial charge in [0.25, 0.3) is 0 Å². The Labute approximate surface area is 148 Å². The average molecular weight is 417 g/mol. The normalized spacial score (nSPS) is 18.6. The van der Waals surface area contributed by atoms with Crippen LogP contribution in [0.15, 0.2) is 23.2 Å². The van der Waals surface area contributed by atoms with E-state index in [2.05, 4.69) is 32.7 Å². The van der Waals surface area contributed by atoms with Crippen LogP contribution in [-0.2, 0) is 11.3 Å². The molecule has 1 saturated heterocycles. The van der Waals surface area contributed by atoms with Gasteiger partial charge in [-0.1, -0.05) is 6.07 Å². The largest absolute Gasteiger partial charge is 0.378 e. The van der Waals surface area contributed by atoms with Crippen LogP contribution in [0.3, 0.4) is 0 Å². The Hall–Kier alpha value is -1.09. The fraction of sp³-hybridized carbons (Fsp3) is 0.600. The van der Waals surface area contributed by atoms with Crippen molar-refractivity contribution in [3.63, 3.8) is 0 Å². The highest BCUT2D eigenvalue weighted by molar-refractivity contribution is 14.0. The summed E-state index contributed by atoms with van der Waals surface area (Å²) in [4.78, 5) is 11.2. The minimum atomic E-state index is 0. The van der Waals surface area contributed by atoms with Crippen molar-refractivity contribution >= 4 is 35.8 Å². The molecule has 0 amide bonds. The van der Waals surface area contributed by atoms with Crippen molar-refractivity contribution in [3.05, 3.63) is 23.9 Å². The molecule has 1 aromatic heterocycles. The summed E-state index contributed by atoms with van der Waals surface area (Å²) in [5.74, 6) is 1.89. The predicted octanol–water partition coefficient (Wildman–Crippen LogP) is 1.36.